The van der Waals surface area contributed by atoms with E-state index in [0.717, 1.165) is 6.20 Å². The number of carbonyl (C=O) groups is 1. The Hall–Kier alpha value is -3.73. The first kappa shape index (κ1) is 15.2. The van der Waals surface area contributed by atoms with Crippen LogP contribution in [-0.2, 0) is 0 Å². The van der Waals surface area contributed by atoms with Crippen LogP contribution < -0.4 is 0 Å². The lowest BCUT2D eigenvalue weighted by atomic mass is 10.0. The van der Waals surface area contributed by atoms with E-state index in [1.165, 1.54) is 10.9 Å². The monoisotopic (exact) mass is 321 g/mol. The molecule has 8 heteroatoms. The number of nitrogens with zero attached hydrogens (tertiary/aromatic N) is 5. The van der Waals surface area contributed by atoms with Gasteiger partial charge in [-0.25, -0.2) is 14.8 Å². The normalized spacial score (nSPS) is 10.3. The van der Waals surface area contributed by atoms with Crippen molar-refractivity contribution in [3.05, 3.63) is 53.6 Å². The molecule has 2 heterocycles. The van der Waals surface area contributed by atoms with Gasteiger partial charge >= 0.3 is 5.97 Å². The fraction of sp³-hybridized carbons (Fsp3) is 0.0625. The van der Waals surface area contributed by atoms with Gasteiger partial charge in [0.1, 0.15) is 0 Å². The van der Waals surface area contributed by atoms with Gasteiger partial charge in [-0.3, -0.25) is 0 Å². The molecule has 0 spiro atoms. The molecule has 118 valence electrons. The zero-order valence-electron chi connectivity index (χ0n) is 12.5. The molecule has 0 amide bonds. The van der Waals surface area contributed by atoms with E-state index >= 15 is 0 Å². The SMILES string of the molecule is Cc1nn(-c2cnc(C(=O)O)cn2)c(O)c1-c1ccc(C#N)cc1. The average Bonchev–Trinajstić information content (AvgIpc) is 2.89. The van der Waals surface area contributed by atoms with Crippen molar-refractivity contribution in [1.82, 2.24) is 19.7 Å². The first-order valence-electron chi connectivity index (χ1n) is 6.86. The fourth-order valence-electron chi connectivity index (χ4n) is 2.27. The molecule has 3 rings (SSSR count). The van der Waals surface area contributed by atoms with Gasteiger partial charge < -0.3 is 10.2 Å². The van der Waals surface area contributed by atoms with E-state index in [4.69, 9.17) is 10.4 Å². The highest BCUT2D eigenvalue weighted by Crippen LogP contribution is 2.33. The highest BCUT2D eigenvalue weighted by molar-refractivity contribution is 5.84. The number of benzene rings is 1. The molecule has 3 aromatic rings. The molecule has 0 aliphatic carbocycles. The van der Waals surface area contributed by atoms with Crippen molar-refractivity contribution in [3.8, 4) is 28.9 Å². The third-order valence-corrected chi connectivity index (χ3v) is 3.41. The van der Waals surface area contributed by atoms with E-state index in [0.29, 0.717) is 22.4 Å². The Morgan fingerprint density at radius 2 is 1.92 bits per heavy atom. The van der Waals surface area contributed by atoms with Gasteiger partial charge in [0.2, 0.25) is 5.88 Å². The second-order valence-electron chi connectivity index (χ2n) is 4.95. The number of carboxylic acid groups (broad SMARTS) is 1. The van der Waals surface area contributed by atoms with Crippen molar-refractivity contribution in [2.45, 2.75) is 6.92 Å². The second kappa shape index (κ2) is 5.81. The van der Waals surface area contributed by atoms with Crippen molar-refractivity contribution in [2.75, 3.05) is 0 Å². The van der Waals surface area contributed by atoms with Gasteiger partial charge in [0.25, 0.3) is 0 Å². The van der Waals surface area contributed by atoms with Crippen LogP contribution in [0.4, 0.5) is 0 Å². The van der Waals surface area contributed by atoms with Crippen molar-refractivity contribution in [2.24, 2.45) is 0 Å². The fourth-order valence-corrected chi connectivity index (χ4v) is 2.27. The average molecular weight is 321 g/mol. The van der Waals surface area contributed by atoms with Gasteiger partial charge in [-0.05, 0) is 24.6 Å². The lowest BCUT2D eigenvalue weighted by Gasteiger charge is -2.03. The molecule has 0 fully saturated rings. The van der Waals surface area contributed by atoms with Gasteiger partial charge in [-0.2, -0.15) is 15.0 Å². The Balaban J connectivity index is 2.05. The summed E-state index contributed by atoms with van der Waals surface area (Å²) in [5, 5.41) is 32.4. The minimum absolute atomic E-state index is 0.144. The lowest BCUT2D eigenvalue weighted by Crippen LogP contribution is -2.05. The van der Waals surface area contributed by atoms with Gasteiger partial charge in [-0.1, -0.05) is 12.1 Å². The van der Waals surface area contributed by atoms with Crippen LogP contribution in [0, 0.1) is 18.3 Å². The molecule has 0 saturated heterocycles. The Kier molecular flexibility index (Phi) is 3.67. The van der Waals surface area contributed by atoms with Gasteiger partial charge in [0, 0.05) is 0 Å². The highest BCUT2D eigenvalue weighted by Gasteiger charge is 2.18. The van der Waals surface area contributed by atoms with E-state index < -0.39 is 5.97 Å². The molecular weight excluding hydrogens is 310 g/mol. The Bertz CT molecular complexity index is 953. The van der Waals surface area contributed by atoms with Crippen molar-refractivity contribution < 1.29 is 15.0 Å². The number of aryl methyl sites for hydroxylation is 1. The van der Waals surface area contributed by atoms with Crippen molar-refractivity contribution in [3.63, 3.8) is 0 Å². The van der Waals surface area contributed by atoms with Crippen LogP contribution >= 0.6 is 0 Å². The van der Waals surface area contributed by atoms with Gasteiger partial charge in [0.15, 0.2) is 11.5 Å². The first-order chi connectivity index (χ1) is 11.5. The smallest absolute Gasteiger partial charge is 0.356 e. The summed E-state index contributed by atoms with van der Waals surface area (Å²) in [6.45, 7) is 1.73. The summed E-state index contributed by atoms with van der Waals surface area (Å²) in [4.78, 5) is 18.5. The zero-order valence-corrected chi connectivity index (χ0v) is 12.5. The third kappa shape index (κ3) is 2.55. The molecule has 0 radical (unpaired) electrons. The third-order valence-electron chi connectivity index (χ3n) is 3.41. The molecule has 24 heavy (non-hydrogen) atoms. The summed E-state index contributed by atoms with van der Waals surface area (Å²) in [6.07, 6.45) is 2.31. The Labute approximate surface area is 136 Å². The zero-order chi connectivity index (χ0) is 17.3. The maximum Gasteiger partial charge on any atom is 0.356 e. The number of aromatic hydroxyl groups is 1. The summed E-state index contributed by atoms with van der Waals surface area (Å²) < 4.78 is 1.18. The molecular formula is C16H11N5O3. The van der Waals surface area contributed by atoms with Gasteiger partial charge in [-0.15, -0.1) is 0 Å². The summed E-state index contributed by atoms with van der Waals surface area (Å²) in [7, 11) is 0. The largest absolute Gasteiger partial charge is 0.493 e. The summed E-state index contributed by atoms with van der Waals surface area (Å²) in [6, 6.07) is 8.75. The standard InChI is InChI=1S/C16H11N5O3/c1-9-14(11-4-2-10(6-17)3-5-11)15(22)21(20-9)13-8-18-12(7-19-13)16(23)24/h2-5,7-8,22H,1H3,(H,23,24). The van der Waals surface area contributed by atoms with Gasteiger partial charge in [0.05, 0.1) is 35.3 Å². The number of nitriles is 1. The number of rotatable bonds is 3. The Morgan fingerprint density at radius 3 is 2.46 bits per heavy atom. The minimum Gasteiger partial charge on any atom is -0.493 e. The van der Waals surface area contributed by atoms with Crippen molar-refractivity contribution >= 4 is 5.97 Å². The number of hydrogen-bond donors (Lipinski definition) is 2. The highest BCUT2D eigenvalue weighted by atomic mass is 16.4. The van der Waals surface area contributed by atoms with Crippen LogP contribution in [0.3, 0.4) is 0 Å². The van der Waals surface area contributed by atoms with E-state index in [2.05, 4.69) is 15.1 Å². The second-order valence-corrected chi connectivity index (χ2v) is 4.95. The predicted octanol–water partition coefficient (Wildman–Crippen LogP) is 1.91. The molecule has 0 aliphatic heterocycles. The maximum absolute atomic E-state index is 10.8. The van der Waals surface area contributed by atoms with Crippen LogP contribution in [0.2, 0.25) is 0 Å². The Morgan fingerprint density at radius 1 is 1.21 bits per heavy atom. The molecule has 0 unspecified atom stereocenters. The minimum atomic E-state index is -1.19. The molecule has 2 N–H and O–H groups in total. The number of carboxylic acids is 1. The van der Waals surface area contributed by atoms with Crippen LogP contribution in [0.15, 0.2) is 36.7 Å². The van der Waals surface area contributed by atoms with Crippen LogP contribution in [-0.4, -0.2) is 35.9 Å². The molecule has 8 nitrogen and oxygen atoms in total. The van der Waals surface area contributed by atoms with E-state index in [1.54, 1.807) is 31.2 Å². The lowest BCUT2D eigenvalue weighted by molar-refractivity contribution is 0.0690. The molecule has 0 aliphatic rings. The van der Waals surface area contributed by atoms with Crippen LogP contribution in [0.25, 0.3) is 16.9 Å². The number of aromatic carboxylic acids is 1. The molecule has 0 saturated carbocycles. The quantitative estimate of drug-likeness (QED) is 0.754. The summed E-state index contributed by atoms with van der Waals surface area (Å²) in [5.74, 6) is -1.14. The predicted molar refractivity (Wildman–Crippen MR) is 82.7 cm³/mol. The summed E-state index contributed by atoms with van der Waals surface area (Å²) >= 11 is 0. The van der Waals surface area contributed by atoms with Crippen LogP contribution in [0.1, 0.15) is 21.7 Å². The van der Waals surface area contributed by atoms with Crippen molar-refractivity contribution in [1.29, 1.82) is 5.26 Å². The number of aromatic nitrogens is 4. The van der Waals surface area contributed by atoms with E-state index in [1.807, 2.05) is 6.07 Å². The molecule has 1 aromatic carbocycles. The topological polar surface area (TPSA) is 125 Å². The molecule has 0 bridgehead atoms. The number of hydrogen-bond acceptors (Lipinski definition) is 6. The maximum atomic E-state index is 10.8. The molecule has 2 aromatic heterocycles. The first-order valence-corrected chi connectivity index (χ1v) is 6.86. The van der Waals surface area contributed by atoms with E-state index in [-0.39, 0.29) is 17.4 Å². The summed E-state index contributed by atoms with van der Waals surface area (Å²) in [5.41, 5.74) is 2.07. The van der Waals surface area contributed by atoms with Crippen LogP contribution in [0.5, 0.6) is 5.88 Å². The van der Waals surface area contributed by atoms with E-state index in [9.17, 15) is 9.90 Å². The molecule has 0 atom stereocenters.